The molecule has 0 aliphatic heterocycles. The van der Waals surface area contributed by atoms with E-state index < -0.39 is 5.97 Å². The summed E-state index contributed by atoms with van der Waals surface area (Å²) in [5, 5.41) is 14.1. The summed E-state index contributed by atoms with van der Waals surface area (Å²) in [5.74, 6) is -1.30. The van der Waals surface area contributed by atoms with Crippen LogP contribution in [0.25, 0.3) is 0 Å². The highest BCUT2D eigenvalue weighted by Gasteiger charge is 2.23. The number of aromatic nitrogens is 1. The number of amides is 1. The van der Waals surface area contributed by atoms with Crippen LogP contribution in [0, 0.1) is 6.92 Å². The first-order chi connectivity index (χ1) is 10.1. The molecule has 110 valence electrons. The summed E-state index contributed by atoms with van der Waals surface area (Å²) in [7, 11) is 0. The van der Waals surface area contributed by atoms with Crippen molar-refractivity contribution < 1.29 is 14.7 Å². The minimum Gasteiger partial charge on any atom is -0.478 e. The highest BCUT2D eigenvalue weighted by molar-refractivity contribution is 7.11. The van der Waals surface area contributed by atoms with E-state index in [2.05, 4.69) is 9.69 Å². The second kappa shape index (κ2) is 5.57. The van der Waals surface area contributed by atoms with Crippen LogP contribution in [-0.4, -0.2) is 21.4 Å². The zero-order chi connectivity index (χ0) is 15.0. The van der Waals surface area contributed by atoms with Crippen molar-refractivity contribution in [2.75, 3.05) is 5.32 Å². The van der Waals surface area contributed by atoms with Gasteiger partial charge in [-0.2, -0.15) is 4.37 Å². The number of fused-ring (bicyclic) bond motifs is 1. The van der Waals surface area contributed by atoms with Gasteiger partial charge in [-0.15, -0.1) is 11.3 Å². The van der Waals surface area contributed by atoms with E-state index in [4.69, 9.17) is 0 Å². The quantitative estimate of drug-likeness (QED) is 0.908. The number of aromatic carboxylic acids is 1. The van der Waals surface area contributed by atoms with Gasteiger partial charge in [-0.05, 0) is 49.7 Å². The Kier molecular flexibility index (Phi) is 3.77. The maximum absolute atomic E-state index is 12.4. The number of carboxylic acid groups (broad SMARTS) is 1. The van der Waals surface area contributed by atoms with Gasteiger partial charge in [0.25, 0.3) is 5.91 Å². The van der Waals surface area contributed by atoms with Crippen molar-refractivity contribution in [2.24, 2.45) is 0 Å². The molecule has 0 bridgehead atoms. The van der Waals surface area contributed by atoms with Crippen LogP contribution in [0.15, 0.2) is 5.38 Å². The molecule has 3 rings (SSSR count). The molecule has 0 aromatic carbocycles. The Labute approximate surface area is 129 Å². The normalized spacial score (nSPS) is 13.8. The van der Waals surface area contributed by atoms with Crippen LogP contribution in [0.2, 0.25) is 0 Å². The minimum absolute atomic E-state index is 0.0810. The summed E-state index contributed by atoms with van der Waals surface area (Å²) in [6.07, 6.45) is 4.23. The van der Waals surface area contributed by atoms with E-state index >= 15 is 0 Å². The van der Waals surface area contributed by atoms with Crippen LogP contribution in [0.5, 0.6) is 0 Å². The molecule has 0 saturated heterocycles. The standard InChI is InChI=1S/C14H14N2O3S2/c1-7-11(14(18)19)13(21-16-7)15-12(17)9-6-20-10-5-3-2-4-8(9)10/h6H,2-5H2,1H3,(H,15,17)(H,18,19). The number of carbonyl (C=O) groups excluding carboxylic acids is 1. The second-order valence-electron chi connectivity index (χ2n) is 4.99. The molecule has 5 nitrogen and oxygen atoms in total. The van der Waals surface area contributed by atoms with Crippen molar-refractivity contribution in [3.05, 3.63) is 32.6 Å². The third kappa shape index (κ3) is 2.58. The van der Waals surface area contributed by atoms with Crippen LogP contribution in [0.1, 0.15) is 49.7 Å². The van der Waals surface area contributed by atoms with Crippen molar-refractivity contribution in [3.8, 4) is 0 Å². The summed E-state index contributed by atoms with van der Waals surface area (Å²) in [5.41, 5.74) is 2.31. The Morgan fingerprint density at radius 1 is 1.33 bits per heavy atom. The second-order valence-corrected chi connectivity index (χ2v) is 6.73. The van der Waals surface area contributed by atoms with Crippen molar-refractivity contribution >= 4 is 39.7 Å². The predicted molar refractivity (Wildman–Crippen MR) is 82.7 cm³/mol. The number of carboxylic acids is 1. The number of aryl methyl sites for hydroxylation is 2. The first-order valence-electron chi connectivity index (χ1n) is 6.68. The Bertz CT molecular complexity index is 718. The molecule has 0 saturated carbocycles. The number of anilines is 1. The first kappa shape index (κ1) is 14.2. The molecule has 2 aromatic heterocycles. The van der Waals surface area contributed by atoms with Crippen LogP contribution in [0.3, 0.4) is 0 Å². The SMILES string of the molecule is Cc1nsc(NC(=O)c2csc3c2CCCC3)c1C(=O)O. The molecule has 0 spiro atoms. The van der Waals surface area contributed by atoms with Crippen LogP contribution < -0.4 is 5.32 Å². The molecular weight excluding hydrogens is 308 g/mol. The lowest BCUT2D eigenvalue weighted by Gasteiger charge is -2.12. The van der Waals surface area contributed by atoms with E-state index in [0.29, 0.717) is 16.3 Å². The fourth-order valence-electron chi connectivity index (χ4n) is 2.56. The fraction of sp³-hybridized carbons (Fsp3) is 0.357. The Morgan fingerprint density at radius 3 is 2.86 bits per heavy atom. The van der Waals surface area contributed by atoms with Crippen molar-refractivity contribution in [3.63, 3.8) is 0 Å². The van der Waals surface area contributed by atoms with Gasteiger partial charge in [0.2, 0.25) is 0 Å². The lowest BCUT2D eigenvalue weighted by molar-refractivity contribution is 0.0697. The molecule has 1 amide bonds. The lowest BCUT2D eigenvalue weighted by atomic mass is 9.96. The van der Waals surface area contributed by atoms with Crippen molar-refractivity contribution in [2.45, 2.75) is 32.6 Å². The molecule has 2 heterocycles. The number of thiophene rings is 1. The summed E-state index contributed by atoms with van der Waals surface area (Å²) in [6, 6.07) is 0. The van der Waals surface area contributed by atoms with Crippen LogP contribution in [0.4, 0.5) is 5.00 Å². The van der Waals surface area contributed by atoms with E-state index in [9.17, 15) is 14.7 Å². The smallest absolute Gasteiger partial charge is 0.340 e. The van der Waals surface area contributed by atoms with Gasteiger partial charge in [-0.3, -0.25) is 4.79 Å². The van der Waals surface area contributed by atoms with E-state index in [1.165, 1.54) is 11.3 Å². The molecule has 0 unspecified atom stereocenters. The number of hydrogen-bond donors (Lipinski definition) is 2. The highest BCUT2D eigenvalue weighted by Crippen LogP contribution is 2.31. The zero-order valence-electron chi connectivity index (χ0n) is 11.4. The molecule has 2 aromatic rings. The number of rotatable bonds is 3. The van der Waals surface area contributed by atoms with Gasteiger partial charge in [0.1, 0.15) is 10.6 Å². The maximum Gasteiger partial charge on any atom is 0.340 e. The average Bonchev–Trinajstić information content (AvgIpc) is 3.02. The topological polar surface area (TPSA) is 79.3 Å². The zero-order valence-corrected chi connectivity index (χ0v) is 13.1. The number of carbonyl (C=O) groups is 2. The Hall–Kier alpha value is -1.73. The first-order valence-corrected chi connectivity index (χ1v) is 8.33. The van der Waals surface area contributed by atoms with Gasteiger partial charge in [0.15, 0.2) is 0 Å². The van der Waals surface area contributed by atoms with Gasteiger partial charge in [0, 0.05) is 10.3 Å². The fourth-order valence-corrected chi connectivity index (χ4v) is 4.47. The van der Waals surface area contributed by atoms with Crippen LogP contribution >= 0.6 is 22.9 Å². The molecule has 2 N–H and O–H groups in total. The molecule has 0 fully saturated rings. The maximum atomic E-state index is 12.4. The number of nitrogens with one attached hydrogen (secondary N) is 1. The van der Waals surface area contributed by atoms with Crippen molar-refractivity contribution in [1.29, 1.82) is 0 Å². The Balaban J connectivity index is 1.87. The van der Waals surface area contributed by atoms with Gasteiger partial charge in [-0.25, -0.2) is 4.79 Å². The van der Waals surface area contributed by atoms with E-state index in [0.717, 1.165) is 36.4 Å². The third-order valence-corrected chi connectivity index (χ3v) is 5.55. The molecule has 0 atom stereocenters. The van der Waals surface area contributed by atoms with Gasteiger partial charge in [0.05, 0.1) is 11.3 Å². The summed E-state index contributed by atoms with van der Waals surface area (Å²) < 4.78 is 4.01. The largest absolute Gasteiger partial charge is 0.478 e. The predicted octanol–water partition coefficient (Wildman–Crippen LogP) is 3.34. The monoisotopic (exact) mass is 322 g/mol. The number of nitrogens with zero attached hydrogens (tertiary/aromatic N) is 1. The highest BCUT2D eigenvalue weighted by atomic mass is 32.1. The van der Waals surface area contributed by atoms with E-state index in [1.54, 1.807) is 18.3 Å². The summed E-state index contributed by atoms with van der Waals surface area (Å²) in [6.45, 7) is 1.63. The molecular formula is C14H14N2O3S2. The molecule has 21 heavy (non-hydrogen) atoms. The van der Waals surface area contributed by atoms with E-state index in [1.807, 2.05) is 5.38 Å². The molecule has 7 heteroatoms. The average molecular weight is 322 g/mol. The summed E-state index contributed by atoms with van der Waals surface area (Å²) >= 11 is 2.63. The minimum atomic E-state index is -1.07. The third-order valence-electron chi connectivity index (χ3n) is 3.61. The van der Waals surface area contributed by atoms with Gasteiger partial charge >= 0.3 is 5.97 Å². The Morgan fingerprint density at radius 2 is 2.10 bits per heavy atom. The lowest BCUT2D eigenvalue weighted by Crippen LogP contribution is -2.15. The van der Waals surface area contributed by atoms with Crippen molar-refractivity contribution in [1.82, 2.24) is 4.37 Å². The molecule has 1 aliphatic rings. The van der Waals surface area contributed by atoms with Gasteiger partial charge in [-0.1, -0.05) is 0 Å². The summed E-state index contributed by atoms with van der Waals surface area (Å²) in [4.78, 5) is 24.9. The molecule has 0 radical (unpaired) electrons. The van der Waals surface area contributed by atoms with Crippen LogP contribution in [-0.2, 0) is 12.8 Å². The van der Waals surface area contributed by atoms with Gasteiger partial charge < -0.3 is 10.4 Å². The number of hydrogen-bond acceptors (Lipinski definition) is 5. The molecule has 1 aliphatic carbocycles. The van der Waals surface area contributed by atoms with E-state index in [-0.39, 0.29) is 11.5 Å².